The molecule has 0 radical (unpaired) electrons. The van der Waals surface area contributed by atoms with Crippen LogP contribution in [0.3, 0.4) is 0 Å². The molecule has 1 unspecified atom stereocenters. The Hall–Kier alpha value is -2.70. The van der Waals surface area contributed by atoms with Gasteiger partial charge in [-0.3, -0.25) is 4.79 Å². The van der Waals surface area contributed by atoms with Crippen LogP contribution in [0.4, 0.5) is 5.82 Å². The van der Waals surface area contributed by atoms with Crippen LogP contribution < -0.4 is 10.1 Å². The fourth-order valence-corrected chi connectivity index (χ4v) is 4.81. The van der Waals surface area contributed by atoms with Crippen molar-refractivity contribution in [2.75, 3.05) is 25.5 Å². The van der Waals surface area contributed by atoms with E-state index in [2.05, 4.69) is 10.3 Å². The molecule has 5 rings (SSSR count). The lowest BCUT2D eigenvalue weighted by atomic mass is 9.77. The molecular formula is C22H27N5O2. The zero-order valence-corrected chi connectivity index (χ0v) is 17.1. The van der Waals surface area contributed by atoms with Gasteiger partial charge >= 0.3 is 0 Å². The second-order valence-electron chi connectivity index (χ2n) is 8.57. The van der Waals surface area contributed by atoms with Gasteiger partial charge in [0.25, 0.3) is 5.91 Å². The van der Waals surface area contributed by atoms with Gasteiger partial charge in [0.05, 0.1) is 18.4 Å². The maximum absolute atomic E-state index is 13.1. The van der Waals surface area contributed by atoms with Crippen LogP contribution in [0.2, 0.25) is 0 Å². The highest BCUT2D eigenvalue weighted by molar-refractivity contribution is 5.94. The molecule has 1 N–H and O–H groups in total. The third kappa shape index (κ3) is 3.32. The summed E-state index contributed by atoms with van der Waals surface area (Å²) in [6.45, 7) is 3.46. The number of ether oxygens (including phenoxy) is 1. The van der Waals surface area contributed by atoms with Gasteiger partial charge in [-0.1, -0.05) is 0 Å². The van der Waals surface area contributed by atoms with Crippen LogP contribution in [-0.4, -0.2) is 52.0 Å². The first kappa shape index (κ1) is 18.3. The van der Waals surface area contributed by atoms with Crippen LogP contribution in [0, 0.1) is 6.92 Å². The van der Waals surface area contributed by atoms with Crippen molar-refractivity contribution in [3.8, 4) is 5.88 Å². The number of carbonyl (C=O) groups is 1. The van der Waals surface area contributed by atoms with Gasteiger partial charge in [-0.05, 0) is 51.5 Å². The zero-order chi connectivity index (χ0) is 20.0. The van der Waals surface area contributed by atoms with Crippen molar-refractivity contribution in [3.63, 3.8) is 0 Å². The van der Waals surface area contributed by atoms with E-state index < -0.39 is 0 Å². The molecule has 7 heteroatoms. The second kappa shape index (κ2) is 6.97. The predicted molar refractivity (Wildman–Crippen MR) is 109 cm³/mol. The van der Waals surface area contributed by atoms with Gasteiger partial charge in [-0.2, -0.15) is 0 Å². The van der Waals surface area contributed by atoms with Crippen LogP contribution in [0.5, 0.6) is 5.88 Å². The number of hydrogen-bond donors (Lipinski definition) is 1. The molecule has 1 aliphatic heterocycles. The van der Waals surface area contributed by atoms with Gasteiger partial charge in [0.1, 0.15) is 11.6 Å². The SMILES string of the molecule is COc1ccc(C(=O)N2CCCC3(CCc4c(NC5CC5)nc(C)nc43)C2)cn1. The van der Waals surface area contributed by atoms with E-state index in [1.165, 1.54) is 24.1 Å². The monoisotopic (exact) mass is 393 g/mol. The minimum absolute atomic E-state index is 0.0368. The Balaban J connectivity index is 1.42. The van der Waals surface area contributed by atoms with Crippen molar-refractivity contribution in [1.82, 2.24) is 19.9 Å². The summed E-state index contributed by atoms with van der Waals surface area (Å²) in [5.74, 6) is 2.39. The number of likely N-dealkylation sites (tertiary alicyclic amines) is 1. The summed E-state index contributed by atoms with van der Waals surface area (Å²) in [5, 5.41) is 3.60. The fraction of sp³-hybridized carbons (Fsp3) is 0.545. The smallest absolute Gasteiger partial charge is 0.255 e. The van der Waals surface area contributed by atoms with Crippen molar-refractivity contribution in [2.24, 2.45) is 0 Å². The van der Waals surface area contributed by atoms with Crippen LogP contribution >= 0.6 is 0 Å². The summed E-state index contributed by atoms with van der Waals surface area (Å²) in [6, 6.07) is 4.10. The first-order chi connectivity index (χ1) is 14.1. The average Bonchev–Trinajstić information content (AvgIpc) is 3.50. The summed E-state index contributed by atoms with van der Waals surface area (Å²) in [7, 11) is 1.58. The average molecular weight is 393 g/mol. The largest absolute Gasteiger partial charge is 0.481 e. The Bertz CT molecular complexity index is 941. The molecule has 0 aromatic carbocycles. The normalized spacial score (nSPS) is 23.2. The van der Waals surface area contributed by atoms with Gasteiger partial charge in [-0.25, -0.2) is 15.0 Å². The highest BCUT2D eigenvalue weighted by Crippen LogP contribution is 2.46. The fourth-order valence-electron chi connectivity index (χ4n) is 4.81. The molecule has 3 aliphatic rings. The number of piperidine rings is 1. The number of carbonyl (C=O) groups excluding carboxylic acids is 1. The van der Waals surface area contributed by atoms with Crippen molar-refractivity contribution in [1.29, 1.82) is 0 Å². The third-order valence-corrected chi connectivity index (χ3v) is 6.45. The molecule has 2 fully saturated rings. The molecule has 1 saturated carbocycles. The summed E-state index contributed by atoms with van der Waals surface area (Å²) in [5.41, 5.74) is 2.98. The van der Waals surface area contributed by atoms with E-state index in [0.29, 0.717) is 24.0 Å². The minimum atomic E-state index is -0.0587. The van der Waals surface area contributed by atoms with Crippen LogP contribution in [-0.2, 0) is 11.8 Å². The Kier molecular flexibility index (Phi) is 4.41. The number of aromatic nitrogens is 3. The molecule has 7 nitrogen and oxygen atoms in total. The lowest BCUT2D eigenvalue weighted by Gasteiger charge is -2.40. The molecule has 1 amide bonds. The maximum atomic E-state index is 13.1. The number of amides is 1. The quantitative estimate of drug-likeness (QED) is 0.860. The van der Waals surface area contributed by atoms with E-state index in [4.69, 9.17) is 14.7 Å². The molecule has 3 heterocycles. The van der Waals surface area contributed by atoms with E-state index in [0.717, 1.165) is 43.9 Å². The van der Waals surface area contributed by atoms with Crippen LogP contribution in [0.25, 0.3) is 0 Å². The van der Waals surface area contributed by atoms with Gasteiger partial charge in [0.15, 0.2) is 0 Å². The van der Waals surface area contributed by atoms with Gasteiger partial charge in [-0.15, -0.1) is 0 Å². The number of rotatable bonds is 4. The number of pyridine rings is 1. The molecule has 0 bridgehead atoms. The summed E-state index contributed by atoms with van der Waals surface area (Å²) in [6.07, 6.45) is 8.13. The van der Waals surface area contributed by atoms with E-state index in [-0.39, 0.29) is 11.3 Å². The molecular weight excluding hydrogens is 366 g/mol. The van der Waals surface area contributed by atoms with E-state index >= 15 is 0 Å². The number of nitrogens with zero attached hydrogens (tertiary/aromatic N) is 4. The van der Waals surface area contributed by atoms with E-state index in [1.54, 1.807) is 25.4 Å². The van der Waals surface area contributed by atoms with Crippen molar-refractivity contribution in [3.05, 3.63) is 41.0 Å². The first-order valence-electron chi connectivity index (χ1n) is 10.5. The molecule has 1 spiro atoms. The number of fused-ring (bicyclic) bond motifs is 2. The standard InChI is InChI=1S/C22H27N5O2/c1-14-24-19-17(20(25-14)26-16-5-6-16)8-10-22(19)9-3-11-27(13-22)21(28)15-4-7-18(29-2)23-12-15/h4,7,12,16H,3,5-6,8-11,13H2,1-2H3,(H,24,25,26). The summed E-state index contributed by atoms with van der Waals surface area (Å²) < 4.78 is 5.11. The predicted octanol–water partition coefficient (Wildman–Crippen LogP) is 2.88. The van der Waals surface area contributed by atoms with Gasteiger partial charge < -0.3 is 15.0 Å². The molecule has 1 saturated heterocycles. The number of nitrogens with one attached hydrogen (secondary N) is 1. The molecule has 2 aromatic rings. The number of methoxy groups -OCH3 is 1. The van der Waals surface area contributed by atoms with Crippen LogP contribution in [0.1, 0.15) is 59.5 Å². The van der Waals surface area contributed by atoms with Gasteiger partial charge in [0.2, 0.25) is 5.88 Å². The van der Waals surface area contributed by atoms with E-state index in [9.17, 15) is 4.79 Å². The highest BCUT2D eigenvalue weighted by atomic mass is 16.5. The van der Waals surface area contributed by atoms with Gasteiger partial charge in [0, 0.05) is 42.4 Å². The third-order valence-electron chi connectivity index (χ3n) is 6.45. The molecule has 152 valence electrons. The lowest BCUT2D eigenvalue weighted by molar-refractivity contribution is 0.0633. The Morgan fingerprint density at radius 2 is 2.14 bits per heavy atom. The Labute approximate surface area is 170 Å². The number of hydrogen-bond acceptors (Lipinski definition) is 6. The van der Waals surface area contributed by atoms with Crippen molar-refractivity contribution < 1.29 is 9.53 Å². The number of anilines is 1. The Morgan fingerprint density at radius 1 is 1.28 bits per heavy atom. The van der Waals surface area contributed by atoms with Crippen LogP contribution in [0.15, 0.2) is 18.3 Å². The van der Waals surface area contributed by atoms with Crippen molar-refractivity contribution >= 4 is 11.7 Å². The van der Waals surface area contributed by atoms with Crippen molar-refractivity contribution in [2.45, 2.75) is 56.9 Å². The first-order valence-corrected chi connectivity index (χ1v) is 10.5. The zero-order valence-electron chi connectivity index (χ0n) is 17.1. The lowest BCUT2D eigenvalue weighted by Crippen LogP contribution is -2.48. The highest BCUT2D eigenvalue weighted by Gasteiger charge is 2.46. The Morgan fingerprint density at radius 3 is 2.86 bits per heavy atom. The summed E-state index contributed by atoms with van der Waals surface area (Å²) >= 11 is 0. The van der Waals surface area contributed by atoms with E-state index in [1.807, 2.05) is 11.8 Å². The molecule has 2 aliphatic carbocycles. The summed E-state index contributed by atoms with van der Waals surface area (Å²) in [4.78, 5) is 28.9. The molecule has 2 aromatic heterocycles. The molecule has 29 heavy (non-hydrogen) atoms. The topological polar surface area (TPSA) is 80.2 Å². The minimum Gasteiger partial charge on any atom is -0.481 e. The molecule has 1 atom stereocenters. The maximum Gasteiger partial charge on any atom is 0.255 e. The number of aryl methyl sites for hydroxylation is 1. The second-order valence-corrected chi connectivity index (χ2v) is 8.57.